The van der Waals surface area contributed by atoms with Crippen LogP contribution in [0.5, 0.6) is 0 Å². The first-order valence-corrected chi connectivity index (χ1v) is 6.10. The summed E-state index contributed by atoms with van der Waals surface area (Å²) in [6.07, 6.45) is 0. The third-order valence-corrected chi connectivity index (χ3v) is 3.01. The van der Waals surface area contributed by atoms with Gasteiger partial charge in [-0.1, -0.05) is 23.8 Å². The SMILES string of the molecule is Cc1ccc(C)c(C(=O)Nc2cccc(F)c2C#N)c1. The third kappa shape index (κ3) is 2.67. The van der Waals surface area contributed by atoms with Crippen LogP contribution in [0, 0.1) is 31.0 Å². The molecule has 2 aromatic rings. The van der Waals surface area contributed by atoms with Gasteiger partial charge in [-0.25, -0.2) is 4.39 Å². The highest BCUT2D eigenvalue weighted by Crippen LogP contribution is 2.20. The Morgan fingerprint density at radius 3 is 2.70 bits per heavy atom. The van der Waals surface area contributed by atoms with Gasteiger partial charge in [0.25, 0.3) is 5.91 Å². The molecule has 0 aromatic heterocycles. The van der Waals surface area contributed by atoms with E-state index in [1.807, 2.05) is 26.0 Å². The number of nitrogens with one attached hydrogen (secondary N) is 1. The van der Waals surface area contributed by atoms with Crippen LogP contribution in [0.2, 0.25) is 0 Å². The van der Waals surface area contributed by atoms with Crippen LogP contribution in [-0.4, -0.2) is 5.91 Å². The van der Waals surface area contributed by atoms with Crippen LogP contribution in [0.1, 0.15) is 27.0 Å². The van der Waals surface area contributed by atoms with Gasteiger partial charge in [0.05, 0.1) is 5.69 Å². The molecule has 0 fully saturated rings. The van der Waals surface area contributed by atoms with Crippen molar-refractivity contribution in [3.05, 3.63) is 64.5 Å². The van der Waals surface area contributed by atoms with Crippen molar-refractivity contribution in [1.29, 1.82) is 5.26 Å². The zero-order valence-electron chi connectivity index (χ0n) is 11.2. The van der Waals surface area contributed by atoms with Gasteiger partial charge >= 0.3 is 0 Å². The van der Waals surface area contributed by atoms with Gasteiger partial charge in [-0.3, -0.25) is 4.79 Å². The number of amides is 1. The maximum Gasteiger partial charge on any atom is 0.255 e. The van der Waals surface area contributed by atoms with Gasteiger partial charge in [0.2, 0.25) is 0 Å². The lowest BCUT2D eigenvalue weighted by Gasteiger charge is -2.10. The second-order valence-electron chi connectivity index (χ2n) is 4.55. The lowest BCUT2D eigenvalue weighted by Crippen LogP contribution is -2.14. The molecule has 1 amide bonds. The molecule has 0 aliphatic carbocycles. The number of nitrogens with zero attached hydrogens (tertiary/aromatic N) is 1. The fraction of sp³-hybridized carbons (Fsp3) is 0.125. The molecule has 0 bridgehead atoms. The minimum absolute atomic E-state index is 0.161. The molecule has 0 unspecified atom stereocenters. The summed E-state index contributed by atoms with van der Waals surface area (Å²) in [4.78, 5) is 12.2. The number of nitriles is 1. The molecule has 20 heavy (non-hydrogen) atoms. The van der Waals surface area contributed by atoms with Crippen LogP contribution in [0.15, 0.2) is 36.4 Å². The van der Waals surface area contributed by atoms with Crippen LogP contribution in [0.25, 0.3) is 0 Å². The summed E-state index contributed by atoms with van der Waals surface area (Å²) in [5, 5.41) is 11.5. The smallest absolute Gasteiger partial charge is 0.255 e. The topological polar surface area (TPSA) is 52.9 Å². The van der Waals surface area contributed by atoms with Gasteiger partial charge in [-0.15, -0.1) is 0 Å². The summed E-state index contributed by atoms with van der Waals surface area (Å²) < 4.78 is 13.5. The number of carbonyl (C=O) groups is 1. The van der Waals surface area contributed by atoms with Crippen molar-refractivity contribution in [2.45, 2.75) is 13.8 Å². The molecule has 0 heterocycles. The van der Waals surface area contributed by atoms with Crippen molar-refractivity contribution in [2.75, 3.05) is 5.32 Å². The maximum atomic E-state index is 13.5. The molecule has 4 heteroatoms. The van der Waals surface area contributed by atoms with Gasteiger partial charge in [-0.2, -0.15) is 5.26 Å². The van der Waals surface area contributed by atoms with Gasteiger partial charge in [0, 0.05) is 5.56 Å². The number of rotatable bonds is 2. The van der Waals surface area contributed by atoms with E-state index < -0.39 is 5.82 Å². The number of benzene rings is 2. The van der Waals surface area contributed by atoms with E-state index in [0.29, 0.717) is 5.56 Å². The maximum absolute atomic E-state index is 13.5. The fourth-order valence-electron chi connectivity index (χ4n) is 1.91. The van der Waals surface area contributed by atoms with Gasteiger partial charge in [0.1, 0.15) is 17.4 Å². The Morgan fingerprint density at radius 1 is 1.25 bits per heavy atom. The number of anilines is 1. The van der Waals surface area contributed by atoms with Gasteiger partial charge in [0.15, 0.2) is 0 Å². The molecule has 2 aromatic carbocycles. The lowest BCUT2D eigenvalue weighted by atomic mass is 10.0. The van der Waals surface area contributed by atoms with Crippen molar-refractivity contribution in [2.24, 2.45) is 0 Å². The lowest BCUT2D eigenvalue weighted by molar-refractivity contribution is 0.102. The van der Waals surface area contributed by atoms with E-state index in [1.54, 1.807) is 12.1 Å². The summed E-state index contributed by atoms with van der Waals surface area (Å²) in [5.74, 6) is -1.00. The molecule has 0 atom stereocenters. The molecule has 100 valence electrons. The molecule has 0 aliphatic heterocycles. The third-order valence-electron chi connectivity index (χ3n) is 3.01. The molecule has 3 nitrogen and oxygen atoms in total. The zero-order chi connectivity index (χ0) is 14.7. The minimum Gasteiger partial charge on any atom is -0.321 e. The number of halogens is 1. The standard InChI is InChI=1S/C16H13FN2O/c1-10-6-7-11(2)12(8-10)16(20)19-15-5-3-4-14(17)13(15)9-18/h3-8H,1-2H3,(H,19,20). The predicted octanol–water partition coefficient (Wildman–Crippen LogP) is 3.57. The van der Waals surface area contributed by atoms with E-state index in [9.17, 15) is 9.18 Å². The number of carbonyl (C=O) groups excluding carboxylic acids is 1. The molecule has 2 rings (SSSR count). The Hall–Kier alpha value is -2.67. The van der Waals surface area contributed by atoms with E-state index in [4.69, 9.17) is 5.26 Å². The molecule has 0 saturated heterocycles. The number of hydrogen-bond donors (Lipinski definition) is 1. The first kappa shape index (κ1) is 13.8. The van der Waals surface area contributed by atoms with Crippen molar-refractivity contribution in [1.82, 2.24) is 0 Å². The highest BCUT2D eigenvalue weighted by atomic mass is 19.1. The zero-order valence-corrected chi connectivity index (χ0v) is 11.2. The van der Waals surface area contributed by atoms with Gasteiger partial charge in [-0.05, 0) is 37.6 Å². The molecule has 0 spiro atoms. The van der Waals surface area contributed by atoms with Gasteiger partial charge < -0.3 is 5.32 Å². The van der Waals surface area contributed by atoms with Crippen molar-refractivity contribution in [3.8, 4) is 6.07 Å². The first-order chi connectivity index (χ1) is 9.52. The normalized spacial score (nSPS) is 9.90. The number of hydrogen-bond acceptors (Lipinski definition) is 2. The molecule has 0 saturated carbocycles. The van der Waals surface area contributed by atoms with E-state index in [1.165, 1.54) is 18.2 Å². The van der Waals surface area contributed by atoms with Crippen LogP contribution in [0.3, 0.4) is 0 Å². The Labute approximate surface area is 116 Å². The van der Waals surface area contributed by atoms with E-state index in [2.05, 4.69) is 5.32 Å². The Kier molecular flexibility index (Phi) is 3.81. The summed E-state index contributed by atoms with van der Waals surface area (Å²) in [7, 11) is 0. The summed E-state index contributed by atoms with van der Waals surface area (Å²) in [6, 6.07) is 11.4. The molecule has 1 N–H and O–H groups in total. The van der Waals surface area contributed by atoms with E-state index >= 15 is 0 Å². The van der Waals surface area contributed by atoms with Crippen molar-refractivity contribution >= 4 is 11.6 Å². The Morgan fingerprint density at radius 2 is 2.00 bits per heavy atom. The summed E-state index contributed by atoms with van der Waals surface area (Å²) >= 11 is 0. The highest BCUT2D eigenvalue weighted by molar-refractivity contribution is 6.06. The van der Waals surface area contributed by atoms with E-state index in [0.717, 1.165) is 11.1 Å². The summed E-state index contributed by atoms with van der Waals surface area (Å²) in [6.45, 7) is 3.71. The fourth-order valence-corrected chi connectivity index (χ4v) is 1.91. The Balaban J connectivity index is 2.36. The minimum atomic E-state index is -0.647. The summed E-state index contributed by atoms with van der Waals surface area (Å²) in [5.41, 5.74) is 2.31. The first-order valence-electron chi connectivity index (χ1n) is 6.10. The number of aryl methyl sites for hydroxylation is 2. The molecular weight excluding hydrogens is 255 g/mol. The van der Waals surface area contributed by atoms with Crippen molar-refractivity contribution < 1.29 is 9.18 Å². The molecule has 0 aliphatic rings. The highest BCUT2D eigenvalue weighted by Gasteiger charge is 2.13. The average molecular weight is 268 g/mol. The van der Waals surface area contributed by atoms with Crippen LogP contribution < -0.4 is 5.32 Å². The largest absolute Gasteiger partial charge is 0.321 e. The van der Waals surface area contributed by atoms with Crippen LogP contribution >= 0.6 is 0 Å². The van der Waals surface area contributed by atoms with Crippen LogP contribution in [-0.2, 0) is 0 Å². The quantitative estimate of drug-likeness (QED) is 0.905. The average Bonchev–Trinajstić information content (AvgIpc) is 2.41. The van der Waals surface area contributed by atoms with Crippen LogP contribution in [0.4, 0.5) is 10.1 Å². The molecule has 0 radical (unpaired) electrons. The van der Waals surface area contributed by atoms with Crippen molar-refractivity contribution in [3.63, 3.8) is 0 Å². The monoisotopic (exact) mass is 268 g/mol. The Bertz CT molecular complexity index is 717. The second kappa shape index (κ2) is 5.54. The second-order valence-corrected chi connectivity index (χ2v) is 4.55. The molecular formula is C16H13FN2O. The predicted molar refractivity (Wildman–Crippen MR) is 75.0 cm³/mol. The van der Waals surface area contributed by atoms with E-state index in [-0.39, 0.29) is 17.2 Å².